The average Bonchev–Trinajstić information content (AvgIpc) is 2.59. The van der Waals surface area contributed by atoms with Crippen LogP contribution < -0.4 is 5.73 Å². The molecule has 0 spiro atoms. The van der Waals surface area contributed by atoms with Gasteiger partial charge in [0.15, 0.2) is 0 Å². The van der Waals surface area contributed by atoms with Gasteiger partial charge in [-0.05, 0) is 37.5 Å². The Balaban J connectivity index is 0.00000200. The van der Waals surface area contributed by atoms with Crippen molar-refractivity contribution in [1.29, 1.82) is 0 Å². The molecule has 0 unspecified atom stereocenters. The van der Waals surface area contributed by atoms with Crippen molar-refractivity contribution in [3.63, 3.8) is 0 Å². The second-order valence-corrected chi connectivity index (χ2v) is 6.91. The van der Waals surface area contributed by atoms with E-state index in [1.165, 1.54) is 6.42 Å². The van der Waals surface area contributed by atoms with Gasteiger partial charge in [-0.2, -0.15) is 0 Å². The second kappa shape index (κ2) is 7.10. The molecule has 118 valence electrons. The van der Waals surface area contributed by atoms with Gasteiger partial charge in [-0.15, -0.1) is 12.4 Å². The van der Waals surface area contributed by atoms with E-state index in [9.17, 15) is 4.79 Å². The fraction of sp³-hybridized carbons (Fsp3) is 0.933. The van der Waals surface area contributed by atoms with Crippen molar-refractivity contribution in [3.8, 4) is 0 Å². The van der Waals surface area contributed by atoms with E-state index >= 15 is 0 Å². The van der Waals surface area contributed by atoms with Crippen LogP contribution in [0, 0.1) is 10.8 Å². The van der Waals surface area contributed by atoms with Gasteiger partial charge in [0.2, 0.25) is 5.91 Å². The molecule has 2 rings (SSSR count). The lowest BCUT2D eigenvalue weighted by Crippen LogP contribution is -2.51. The third-order valence-electron chi connectivity index (χ3n) is 4.92. The van der Waals surface area contributed by atoms with Gasteiger partial charge in [0.1, 0.15) is 0 Å². The SMILES string of the molecule is CC1(C)CCCN(C(=O)C2(CN)CCOCC2)CC1.Cl. The van der Waals surface area contributed by atoms with Gasteiger partial charge < -0.3 is 15.4 Å². The highest BCUT2D eigenvalue weighted by atomic mass is 35.5. The summed E-state index contributed by atoms with van der Waals surface area (Å²) in [7, 11) is 0. The minimum atomic E-state index is -0.354. The molecule has 2 fully saturated rings. The molecule has 2 saturated heterocycles. The molecule has 0 radical (unpaired) electrons. The molecular weight excluding hydrogens is 276 g/mol. The van der Waals surface area contributed by atoms with Gasteiger partial charge in [0, 0.05) is 32.8 Å². The predicted molar refractivity (Wildman–Crippen MR) is 83.0 cm³/mol. The van der Waals surface area contributed by atoms with Gasteiger partial charge in [-0.25, -0.2) is 0 Å². The fourth-order valence-electron chi connectivity index (χ4n) is 3.23. The summed E-state index contributed by atoms with van der Waals surface area (Å²) < 4.78 is 5.40. The van der Waals surface area contributed by atoms with E-state index in [1.54, 1.807) is 0 Å². The molecule has 0 aromatic carbocycles. The Kier molecular flexibility index (Phi) is 6.29. The molecule has 0 saturated carbocycles. The van der Waals surface area contributed by atoms with E-state index in [0.29, 0.717) is 25.2 Å². The second-order valence-electron chi connectivity index (χ2n) is 6.91. The molecule has 0 atom stereocenters. The van der Waals surface area contributed by atoms with Crippen molar-refractivity contribution in [2.45, 2.75) is 46.0 Å². The lowest BCUT2D eigenvalue weighted by atomic mass is 9.78. The van der Waals surface area contributed by atoms with E-state index < -0.39 is 0 Å². The molecule has 4 nitrogen and oxygen atoms in total. The number of nitrogens with two attached hydrogens (primary N) is 1. The summed E-state index contributed by atoms with van der Waals surface area (Å²) in [6.07, 6.45) is 4.96. The van der Waals surface area contributed by atoms with Crippen LogP contribution in [0.3, 0.4) is 0 Å². The number of hydrogen-bond donors (Lipinski definition) is 1. The van der Waals surface area contributed by atoms with Gasteiger partial charge in [0.25, 0.3) is 0 Å². The molecule has 0 bridgehead atoms. The Morgan fingerprint density at radius 2 is 1.80 bits per heavy atom. The smallest absolute Gasteiger partial charge is 0.230 e. The highest BCUT2D eigenvalue weighted by Gasteiger charge is 2.42. The first kappa shape index (κ1) is 17.7. The summed E-state index contributed by atoms with van der Waals surface area (Å²) >= 11 is 0. The molecular formula is C15H29ClN2O2. The maximum Gasteiger partial charge on any atom is 0.230 e. The summed E-state index contributed by atoms with van der Waals surface area (Å²) in [6.45, 7) is 8.17. The van der Waals surface area contributed by atoms with Crippen LogP contribution in [0.15, 0.2) is 0 Å². The van der Waals surface area contributed by atoms with Crippen LogP contribution in [0.2, 0.25) is 0 Å². The van der Waals surface area contributed by atoms with Crippen LogP contribution in [0.1, 0.15) is 46.0 Å². The topological polar surface area (TPSA) is 55.6 Å². The predicted octanol–water partition coefficient (Wildman–Crippen LogP) is 2.20. The Labute approximate surface area is 128 Å². The first-order valence-corrected chi connectivity index (χ1v) is 7.56. The summed E-state index contributed by atoms with van der Waals surface area (Å²) in [5.41, 5.74) is 5.94. The number of amides is 1. The molecule has 1 amide bonds. The largest absolute Gasteiger partial charge is 0.381 e. The fourth-order valence-corrected chi connectivity index (χ4v) is 3.23. The zero-order valence-electron chi connectivity index (χ0n) is 12.8. The van der Waals surface area contributed by atoms with Crippen molar-refractivity contribution in [2.24, 2.45) is 16.6 Å². The van der Waals surface area contributed by atoms with Crippen molar-refractivity contribution in [1.82, 2.24) is 4.90 Å². The summed E-state index contributed by atoms with van der Waals surface area (Å²) in [5, 5.41) is 0. The zero-order chi connectivity index (χ0) is 13.9. The molecule has 0 aromatic heterocycles. The molecule has 0 aliphatic carbocycles. The number of rotatable bonds is 2. The highest BCUT2D eigenvalue weighted by Crippen LogP contribution is 2.35. The third kappa shape index (κ3) is 3.86. The number of ether oxygens (including phenoxy) is 1. The van der Waals surface area contributed by atoms with E-state index in [4.69, 9.17) is 10.5 Å². The highest BCUT2D eigenvalue weighted by molar-refractivity contribution is 5.85. The molecule has 2 aliphatic heterocycles. The minimum Gasteiger partial charge on any atom is -0.381 e. The van der Waals surface area contributed by atoms with Crippen LogP contribution in [-0.4, -0.2) is 43.7 Å². The number of halogens is 1. The van der Waals surface area contributed by atoms with Gasteiger partial charge >= 0.3 is 0 Å². The lowest BCUT2D eigenvalue weighted by Gasteiger charge is -2.38. The first-order chi connectivity index (χ1) is 8.99. The summed E-state index contributed by atoms with van der Waals surface area (Å²) in [4.78, 5) is 14.9. The van der Waals surface area contributed by atoms with E-state index in [2.05, 4.69) is 18.7 Å². The van der Waals surface area contributed by atoms with E-state index in [-0.39, 0.29) is 23.7 Å². The van der Waals surface area contributed by atoms with Crippen LogP contribution in [0.25, 0.3) is 0 Å². The standard InChI is InChI=1S/C15H28N2O2.ClH/c1-14(2)4-3-8-17(9-5-14)13(18)15(12-16)6-10-19-11-7-15;/h3-12,16H2,1-2H3;1H. The van der Waals surface area contributed by atoms with Crippen molar-refractivity contribution in [3.05, 3.63) is 0 Å². The number of carbonyl (C=O) groups is 1. The third-order valence-corrected chi connectivity index (χ3v) is 4.92. The van der Waals surface area contributed by atoms with Gasteiger partial charge in [0.05, 0.1) is 5.41 Å². The number of nitrogens with zero attached hydrogens (tertiary/aromatic N) is 1. The molecule has 20 heavy (non-hydrogen) atoms. The number of likely N-dealkylation sites (tertiary alicyclic amines) is 1. The maximum atomic E-state index is 12.9. The van der Waals surface area contributed by atoms with Crippen molar-refractivity contribution >= 4 is 18.3 Å². The summed E-state index contributed by atoms with van der Waals surface area (Å²) in [6, 6.07) is 0. The minimum absolute atomic E-state index is 0. The van der Waals surface area contributed by atoms with Crippen LogP contribution in [0.4, 0.5) is 0 Å². The molecule has 2 heterocycles. The van der Waals surface area contributed by atoms with Crippen LogP contribution in [0.5, 0.6) is 0 Å². The number of hydrogen-bond acceptors (Lipinski definition) is 3. The summed E-state index contributed by atoms with van der Waals surface area (Å²) in [5.74, 6) is 0.274. The Hall–Kier alpha value is -0.320. The van der Waals surface area contributed by atoms with Crippen molar-refractivity contribution < 1.29 is 9.53 Å². The molecule has 0 aromatic rings. The van der Waals surface area contributed by atoms with Crippen LogP contribution >= 0.6 is 12.4 Å². The van der Waals surface area contributed by atoms with Crippen molar-refractivity contribution in [2.75, 3.05) is 32.8 Å². The normalized spacial score (nSPS) is 25.4. The molecule has 2 N–H and O–H groups in total. The molecule has 5 heteroatoms. The first-order valence-electron chi connectivity index (χ1n) is 7.56. The van der Waals surface area contributed by atoms with Gasteiger partial charge in [-0.1, -0.05) is 13.8 Å². The van der Waals surface area contributed by atoms with E-state index in [1.807, 2.05) is 0 Å². The lowest BCUT2D eigenvalue weighted by molar-refractivity contribution is -0.147. The Bertz CT molecular complexity index is 328. The Morgan fingerprint density at radius 1 is 1.15 bits per heavy atom. The maximum absolute atomic E-state index is 12.9. The van der Waals surface area contributed by atoms with Crippen LogP contribution in [-0.2, 0) is 9.53 Å². The average molecular weight is 305 g/mol. The number of carbonyl (C=O) groups excluding carboxylic acids is 1. The molecule has 2 aliphatic rings. The zero-order valence-corrected chi connectivity index (χ0v) is 13.6. The van der Waals surface area contributed by atoms with E-state index in [0.717, 1.165) is 38.8 Å². The monoisotopic (exact) mass is 304 g/mol. The quantitative estimate of drug-likeness (QED) is 0.851. The van der Waals surface area contributed by atoms with Gasteiger partial charge in [-0.3, -0.25) is 4.79 Å². The Morgan fingerprint density at radius 3 is 2.40 bits per heavy atom.